The maximum Gasteiger partial charge on any atom is 0.330 e. The number of benzene rings is 1. The Morgan fingerprint density at radius 1 is 1.40 bits per heavy atom. The number of halogens is 1. The highest BCUT2D eigenvalue weighted by Crippen LogP contribution is 2.36. The Balaban J connectivity index is 2.15. The number of aryl methyl sites for hydroxylation is 1. The number of hydrogen-bond acceptors (Lipinski definition) is 2. The smallest absolute Gasteiger partial charge is 0.330 e. The van der Waals surface area contributed by atoms with Crippen LogP contribution in [0.5, 0.6) is 0 Å². The lowest BCUT2D eigenvalue weighted by Crippen LogP contribution is -2.37. The summed E-state index contributed by atoms with van der Waals surface area (Å²) in [6, 6.07) is 2.93. The minimum absolute atomic E-state index is 0.182. The number of hydrogen-bond donors (Lipinski definition) is 2. The molecule has 1 fully saturated rings. The van der Waals surface area contributed by atoms with Gasteiger partial charge in [0.1, 0.15) is 5.82 Å². The van der Waals surface area contributed by atoms with Crippen molar-refractivity contribution >= 4 is 11.9 Å². The monoisotopic (exact) mass is 279 g/mol. The normalized spacial score (nSPS) is 17.4. The Morgan fingerprint density at radius 3 is 2.55 bits per heavy atom. The van der Waals surface area contributed by atoms with Gasteiger partial charge in [-0.15, -0.1) is 0 Å². The Morgan fingerprint density at radius 2 is 2.05 bits per heavy atom. The van der Waals surface area contributed by atoms with Gasteiger partial charge in [0.2, 0.25) is 5.91 Å². The van der Waals surface area contributed by atoms with Crippen molar-refractivity contribution in [1.29, 1.82) is 0 Å². The molecular formula is C15H18FNO3. The van der Waals surface area contributed by atoms with E-state index in [0.717, 1.165) is 12.8 Å². The molecule has 0 heterocycles. The fraction of sp³-hybridized carbons (Fsp3) is 0.467. The predicted octanol–water partition coefficient (Wildman–Crippen LogP) is 2.42. The van der Waals surface area contributed by atoms with Gasteiger partial charge < -0.3 is 10.4 Å². The van der Waals surface area contributed by atoms with Gasteiger partial charge >= 0.3 is 5.97 Å². The lowest BCUT2D eigenvalue weighted by molar-refractivity contribution is -0.142. The van der Waals surface area contributed by atoms with Gasteiger partial charge in [-0.3, -0.25) is 4.79 Å². The molecule has 4 nitrogen and oxygen atoms in total. The van der Waals surface area contributed by atoms with Crippen LogP contribution in [0, 0.1) is 24.6 Å². The molecule has 0 spiro atoms. The molecule has 20 heavy (non-hydrogen) atoms. The van der Waals surface area contributed by atoms with Crippen molar-refractivity contribution in [2.45, 2.75) is 32.7 Å². The van der Waals surface area contributed by atoms with Gasteiger partial charge in [0.15, 0.2) is 6.04 Å². The molecule has 108 valence electrons. The van der Waals surface area contributed by atoms with Crippen LogP contribution < -0.4 is 5.32 Å². The molecule has 1 saturated carbocycles. The first-order chi connectivity index (χ1) is 9.40. The number of amides is 1. The molecule has 1 aromatic rings. The van der Waals surface area contributed by atoms with Gasteiger partial charge in [0.25, 0.3) is 0 Å². The summed E-state index contributed by atoms with van der Waals surface area (Å²) in [5.74, 6) is -1.62. The summed E-state index contributed by atoms with van der Waals surface area (Å²) in [4.78, 5) is 23.3. The highest BCUT2D eigenvalue weighted by Gasteiger charge is 2.34. The summed E-state index contributed by atoms with van der Waals surface area (Å²) >= 11 is 0. The number of nitrogens with one attached hydrogen (secondary N) is 1. The van der Waals surface area contributed by atoms with E-state index < -0.39 is 17.8 Å². The van der Waals surface area contributed by atoms with E-state index in [1.165, 1.54) is 18.2 Å². The highest BCUT2D eigenvalue weighted by molar-refractivity contribution is 5.86. The van der Waals surface area contributed by atoms with Crippen LogP contribution in [0.15, 0.2) is 18.2 Å². The van der Waals surface area contributed by atoms with E-state index in [0.29, 0.717) is 17.0 Å². The van der Waals surface area contributed by atoms with E-state index in [9.17, 15) is 19.1 Å². The molecule has 1 aliphatic rings. The molecular weight excluding hydrogens is 261 g/mol. The Labute approximate surface area is 117 Å². The highest BCUT2D eigenvalue weighted by atomic mass is 19.1. The first-order valence-electron chi connectivity index (χ1n) is 6.69. The van der Waals surface area contributed by atoms with Crippen LogP contribution in [-0.4, -0.2) is 17.0 Å². The molecule has 0 aliphatic heterocycles. The molecule has 1 amide bonds. The minimum atomic E-state index is -1.15. The van der Waals surface area contributed by atoms with Gasteiger partial charge in [-0.25, -0.2) is 9.18 Å². The van der Waals surface area contributed by atoms with Gasteiger partial charge in [0, 0.05) is 5.92 Å². The summed E-state index contributed by atoms with van der Waals surface area (Å²) in [6.45, 7) is 3.37. The second kappa shape index (κ2) is 5.61. The van der Waals surface area contributed by atoms with Gasteiger partial charge in [-0.05, 0) is 42.9 Å². The summed E-state index contributed by atoms with van der Waals surface area (Å²) in [5.41, 5.74) is 0.742. The van der Waals surface area contributed by atoms with E-state index in [-0.39, 0.29) is 11.8 Å². The molecule has 0 radical (unpaired) electrons. The van der Waals surface area contributed by atoms with Crippen molar-refractivity contribution in [3.63, 3.8) is 0 Å². The second-order valence-corrected chi connectivity index (χ2v) is 5.41. The molecule has 2 rings (SSSR count). The number of aliphatic carboxylic acids is 1. The van der Waals surface area contributed by atoms with Gasteiger partial charge in [-0.2, -0.15) is 0 Å². The molecule has 2 N–H and O–H groups in total. The van der Waals surface area contributed by atoms with E-state index in [4.69, 9.17) is 0 Å². The molecule has 5 heteroatoms. The number of carbonyl (C=O) groups is 2. The van der Waals surface area contributed by atoms with Crippen LogP contribution in [0.3, 0.4) is 0 Å². The Bertz CT molecular complexity index is 540. The van der Waals surface area contributed by atoms with Crippen molar-refractivity contribution in [3.8, 4) is 0 Å². The second-order valence-electron chi connectivity index (χ2n) is 5.41. The predicted molar refractivity (Wildman–Crippen MR) is 71.5 cm³/mol. The molecule has 0 aromatic heterocycles. The Kier molecular flexibility index (Phi) is 4.06. The van der Waals surface area contributed by atoms with Crippen LogP contribution >= 0.6 is 0 Å². The van der Waals surface area contributed by atoms with Crippen molar-refractivity contribution < 1.29 is 19.1 Å². The van der Waals surface area contributed by atoms with E-state index in [1.807, 2.05) is 6.92 Å². The molecule has 1 aliphatic carbocycles. The first kappa shape index (κ1) is 14.5. The minimum Gasteiger partial charge on any atom is -0.479 e. The number of carboxylic acids is 1. The van der Waals surface area contributed by atoms with Crippen LogP contribution in [0.25, 0.3) is 0 Å². The quantitative estimate of drug-likeness (QED) is 0.870. The zero-order valence-corrected chi connectivity index (χ0v) is 11.5. The number of carbonyl (C=O) groups excluding carboxylic acids is 1. The summed E-state index contributed by atoms with van der Waals surface area (Å²) in [6.07, 6.45) is 2.03. The first-order valence-corrected chi connectivity index (χ1v) is 6.69. The lowest BCUT2D eigenvalue weighted by atomic mass is 10.0. The van der Waals surface area contributed by atoms with E-state index >= 15 is 0 Å². The van der Waals surface area contributed by atoms with Gasteiger partial charge in [-0.1, -0.05) is 19.1 Å². The molecule has 0 bridgehead atoms. The lowest BCUT2D eigenvalue weighted by Gasteiger charge is -2.18. The number of rotatable bonds is 5. The zero-order valence-electron chi connectivity index (χ0n) is 11.5. The summed E-state index contributed by atoms with van der Waals surface area (Å²) < 4.78 is 13.2. The zero-order chi connectivity index (χ0) is 14.9. The van der Waals surface area contributed by atoms with Gasteiger partial charge in [0.05, 0.1) is 0 Å². The fourth-order valence-electron chi connectivity index (χ4n) is 2.22. The molecule has 1 aromatic carbocycles. The average Bonchev–Trinajstić information content (AvgIpc) is 3.22. The maximum atomic E-state index is 13.2. The third kappa shape index (κ3) is 3.15. The maximum absolute atomic E-state index is 13.2. The summed E-state index contributed by atoms with van der Waals surface area (Å²) in [5, 5.41) is 11.8. The van der Waals surface area contributed by atoms with Crippen LogP contribution in [0.1, 0.15) is 36.9 Å². The molecule has 2 unspecified atom stereocenters. The van der Waals surface area contributed by atoms with Crippen LogP contribution in [0.2, 0.25) is 0 Å². The third-order valence-electron chi connectivity index (χ3n) is 3.79. The van der Waals surface area contributed by atoms with E-state index in [1.54, 1.807) is 6.92 Å². The molecule has 0 saturated heterocycles. The SMILES string of the molecule is Cc1cc(C(NC(=O)C(C)C2CC2)C(=O)O)ccc1F. The average molecular weight is 279 g/mol. The fourth-order valence-corrected chi connectivity index (χ4v) is 2.22. The third-order valence-corrected chi connectivity index (χ3v) is 3.79. The van der Waals surface area contributed by atoms with E-state index in [2.05, 4.69) is 5.32 Å². The largest absolute Gasteiger partial charge is 0.479 e. The van der Waals surface area contributed by atoms with Crippen molar-refractivity contribution in [1.82, 2.24) is 5.32 Å². The van der Waals surface area contributed by atoms with Crippen LogP contribution in [0.4, 0.5) is 4.39 Å². The van der Waals surface area contributed by atoms with Crippen molar-refractivity contribution in [3.05, 3.63) is 35.1 Å². The molecule has 2 atom stereocenters. The van der Waals surface area contributed by atoms with Crippen molar-refractivity contribution in [2.24, 2.45) is 11.8 Å². The number of carboxylic acid groups (broad SMARTS) is 1. The topological polar surface area (TPSA) is 66.4 Å². The Hall–Kier alpha value is -1.91. The summed E-state index contributed by atoms with van der Waals surface area (Å²) in [7, 11) is 0. The van der Waals surface area contributed by atoms with Crippen LogP contribution in [-0.2, 0) is 9.59 Å². The van der Waals surface area contributed by atoms with Crippen molar-refractivity contribution in [2.75, 3.05) is 0 Å². The standard InChI is InChI=1S/C15H18FNO3/c1-8-7-11(5-6-12(8)16)13(15(19)20)17-14(18)9(2)10-3-4-10/h5-7,9-10,13H,3-4H2,1-2H3,(H,17,18)(H,19,20).